The van der Waals surface area contributed by atoms with Crippen molar-refractivity contribution < 1.29 is 4.79 Å². The van der Waals surface area contributed by atoms with Gasteiger partial charge < -0.3 is 11.1 Å². The predicted molar refractivity (Wildman–Crippen MR) is 101 cm³/mol. The molecular formula is C18H12ClN3OS. The molecule has 0 saturated carbocycles. The van der Waals surface area contributed by atoms with Crippen molar-refractivity contribution in [2.45, 2.75) is 0 Å². The van der Waals surface area contributed by atoms with Gasteiger partial charge in [-0.05, 0) is 29.0 Å². The number of nitrogens with two attached hydrogens (primary N) is 1. The number of hydrogen-bond donors (Lipinski definition) is 2. The van der Waals surface area contributed by atoms with Gasteiger partial charge >= 0.3 is 0 Å². The van der Waals surface area contributed by atoms with E-state index in [1.54, 1.807) is 6.07 Å². The number of anilines is 2. The van der Waals surface area contributed by atoms with E-state index in [0.717, 1.165) is 15.5 Å². The second-order valence-corrected chi connectivity index (χ2v) is 6.81. The summed E-state index contributed by atoms with van der Waals surface area (Å²) in [7, 11) is 0. The van der Waals surface area contributed by atoms with Crippen molar-refractivity contribution in [3.05, 3.63) is 65.2 Å². The van der Waals surface area contributed by atoms with Gasteiger partial charge in [-0.15, -0.1) is 0 Å². The summed E-state index contributed by atoms with van der Waals surface area (Å²) in [6.45, 7) is 0. The molecule has 0 spiro atoms. The Hall–Kier alpha value is -2.63. The van der Waals surface area contributed by atoms with Gasteiger partial charge in [0.05, 0.1) is 9.72 Å². The van der Waals surface area contributed by atoms with Crippen molar-refractivity contribution in [3.63, 3.8) is 0 Å². The smallest absolute Gasteiger partial charge is 0.256 e. The molecule has 0 atom stereocenters. The molecule has 0 aliphatic heterocycles. The molecule has 0 radical (unpaired) electrons. The predicted octanol–water partition coefficient (Wildman–Crippen LogP) is 4.94. The normalized spacial score (nSPS) is 11.0. The number of rotatable bonds is 2. The standard InChI is InChI=1S/C18H12ClN3OS/c19-14-8-11(9-15-16(14)22-18(20)24-15)21-17(23)13-7-3-5-10-4-1-2-6-12(10)13/h1-9H,(H2,20,22)(H,21,23). The molecule has 1 aromatic heterocycles. The Morgan fingerprint density at radius 3 is 2.79 bits per heavy atom. The average Bonchev–Trinajstić information content (AvgIpc) is 2.95. The van der Waals surface area contributed by atoms with Gasteiger partial charge in [-0.1, -0.05) is 59.3 Å². The molecule has 0 saturated heterocycles. The maximum atomic E-state index is 12.7. The van der Waals surface area contributed by atoms with Gasteiger partial charge in [-0.2, -0.15) is 0 Å². The number of thiazole rings is 1. The maximum Gasteiger partial charge on any atom is 0.256 e. The van der Waals surface area contributed by atoms with Crippen molar-refractivity contribution in [3.8, 4) is 0 Å². The Morgan fingerprint density at radius 2 is 1.92 bits per heavy atom. The topological polar surface area (TPSA) is 68.0 Å². The van der Waals surface area contributed by atoms with Crippen LogP contribution in [-0.4, -0.2) is 10.9 Å². The zero-order valence-electron chi connectivity index (χ0n) is 12.4. The Balaban J connectivity index is 1.73. The van der Waals surface area contributed by atoms with Crippen molar-refractivity contribution in [2.24, 2.45) is 0 Å². The summed E-state index contributed by atoms with van der Waals surface area (Å²) in [5.41, 5.74) is 7.62. The van der Waals surface area contributed by atoms with Gasteiger partial charge in [0.1, 0.15) is 5.52 Å². The number of nitrogens with zero attached hydrogens (tertiary/aromatic N) is 1. The van der Waals surface area contributed by atoms with Gasteiger partial charge in [-0.3, -0.25) is 4.79 Å². The monoisotopic (exact) mass is 353 g/mol. The number of hydrogen-bond acceptors (Lipinski definition) is 4. The summed E-state index contributed by atoms with van der Waals surface area (Å²) in [6, 6.07) is 17.0. The molecule has 3 N–H and O–H groups in total. The number of carbonyl (C=O) groups is 1. The molecule has 118 valence electrons. The number of halogens is 1. The first-order valence-corrected chi connectivity index (χ1v) is 8.46. The van der Waals surface area contributed by atoms with E-state index in [-0.39, 0.29) is 5.91 Å². The molecule has 6 heteroatoms. The Kier molecular flexibility index (Phi) is 3.59. The zero-order chi connectivity index (χ0) is 16.7. The first kappa shape index (κ1) is 14.9. The lowest BCUT2D eigenvalue weighted by Gasteiger charge is -2.08. The molecule has 0 aliphatic rings. The summed E-state index contributed by atoms with van der Waals surface area (Å²) in [6.07, 6.45) is 0. The van der Waals surface area contributed by atoms with E-state index in [1.165, 1.54) is 11.3 Å². The molecule has 0 aliphatic carbocycles. The molecule has 3 aromatic carbocycles. The highest BCUT2D eigenvalue weighted by Crippen LogP contribution is 2.33. The van der Waals surface area contributed by atoms with E-state index >= 15 is 0 Å². The van der Waals surface area contributed by atoms with Crippen LogP contribution < -0.4 is 11.1 Å². The Bertz CT molecular complexity index is 1080. The number of aromatic nitrogens is 1. The number of nitrogens with one attached hydrogen (secondary N) is 1. The third-order valence-electron chi connectivity index (χ3n) is 3.76. The van der Waals surface area contributed by atoms with Gasteiger partial charge in [0, 0.05) is 11.3 Å². The lowest BCUT2D eigenvalue weighted by Crippen LogP contribution is -2.12. The molecule has 0 bridgehead atoms. The van der Waals surface area contributed by atoms with Gasteiger partial charge in [-0.25, -0.2) is 4.98 Å². The van der Waals surface area contributed by atoms with E-state index in [1.807, 2.05) is 48.5 Å². The number of amides is 1. The highest BCUT2D eigenvalue weighted by atomic mass is 35.5. The third kappa shape index (κ3) is 2.58. The van der Waals surface area contributed by atoms with Crippen LogP contribution in [0.2, 0.25) is 5.02 Å². The summed E-state index contributed by atoms with van der Waals surface area (Å²) in [5.74, 6) is -0.181. The van der Waals surface area contributed by atoms with Crippen LogP contribution in [0, 0.1) is 0 Å². The van der Waals surface area contributed by atoms with E-state index in [4.69, 9.17) is 17.3 Å². The van der Waals surface area contributed by atoms with Crippen LogP contribution in [0.5, 0.6) is 0 Å². The second-order valence-electron chi connectivity index (χ2n) is 5.34. The van der Waals surface area contributed by atoms with Crippen LogP contribution in [0.25, 0.3) is 21.0 Å². The van der Waals surface area contributed by atoms with Crippen LogP contribution in [0.15, 0.2) is 54.6 Å². The minimum atomic E-state index is -0.181. The maximum absolute atomic E-state index is 12.7. The highest BCUT2D eigenvalue weighted by Gasteiger charge is 2.13. The SMILES string of the molecule is Nc1nc2c(Cl)cc(NC(=O)c3cccc4ccccc34)cc2s1. The first-order valence-electron chi connectivity index (χ1n) is 7.26. The zero-order valence-corrected chi connectivity index (χ0v) is 14.0. The fraction of sp³-hybridized carbons (Fsp3) is 0. The molecule has 1 amide bonds. The second kappa shape index (κ2) is 5.78. The van der Waals surface area contributed by atoms with Crippen LogP contribution in [-0.2, 0) is 0 Å². The molecule has 1 heterocycles. The molecule has 0 unspecified atom stereocenters. The molecule has 4 nitrogen and oxygen atoms in total. The fourth-order valence-electron chi connectivity index (χ4n) is 2.70. The van der Waals surface area contributed by atoms with Gasteiger partial charge in [0.15, 0.2) is 5.13 Å². The minimum absolute atomic E-state index is 0.181. The molecular weight excluding hydrogens is 342 g/mol. The quantitative estimate of drug-likeness (QED) is 0.536. The van der Waals surface area contributed by atoms with E-state index in [0.29, 0.717) is 26.9 Å². The summed E-state index contributed by atoms with van der Waals surface area (Å²) >= 11 is 7.57. The molecule has 4 aromatic rings. The van der Waals surface area contributed by atoms with E-state index in [9.17, 15) is 4.79 Å². The van der Waals surface area contributed by atoms with Crippen molar-refractivity contribution in [2.75, 3.05) is 11.1 Å². The molecule has 4 rings (SSSR count). The number of benzene rings is 3. The van der Waals surface area contributed by atoms with Crippen molar-refractivity contribution in [1.29, 1.82) is 0 Å². The lowest BCUT2D eigenvalue weighted by atomic mass is 10.0. The summed E-state index contributed by atoms with van der Waals surface area (Å²) in [5, 5.41) is 5.75. The van der Waals surface area contributed by atoms with Gasteiger partial charge in [0.25, 0.3) is 5.91 Å². The van der Waals surface area contributed by atoms with Crippen molar-refractivity contribution >= 4 is 60.7 Å². The van der Waals surface area contributed by atoms with Crippen LogP contribution in [0.4, 0.5) is 10.8 Å². The number of nitrogen functional groups attached to an aromatic ring is 1. The van der Waals surface area contributed by atoms with Crippen molar-refractivity contribution in [1.82, 2.24) is 4.98 Å². The summed E-state index contributed by atoms with van der Waals surface area (Å²) in [4.78, 5) is 16.9. The van der Waals surface area contributed by atoms with E-state index < -0.39 is 0 Å². The van der Waals surface area contributed by atoms with E-state index in [2.05, 4.69) is 10.3 Å². The minimum Gasteiger partial charge on any atom is -0.375 e. The number of carbonyl (C=O) groups excluding carboxylic acids is 1. The molecule has 24 heavy (non-hydrogen) atoms. The van der Waals surface area contributed by atoms with Crippen LogP contribution >= 0.6 is 22.9 Å². The van der Waals surface area contributed by atoms with Crippen LogP contribution in [0.1, 0.15) is 10.4 Å². The van der Waals surface area contributed by atoms with Gasteiger partial charge in [0.2, 0.25) is 0 Å². The summed E-state index contributed by atoms with van der Waals surface area (Å²) < 4.78 is 0.841. The Labute approximate surface area is 146 Å². The third-order valence-corrected chi connectivity index (χ3v) is 4.88. The Morgan fingerprint density at radius 1 is 1.12 bits per heavy atom. The number of fused-ring (bicyclic) bond motifs is 2. The molecule has 0 fully saturated rings. The first-order chi connectivity index (χ1) is 11.6. The van der Waals surface area contributed by atoms with Crippen LogP contribution in [0.3, 0.4) is 0 Å². The lowest BCUT2D eigenvalue weighted by molar-refractivity contribution is 0.102. The highest BCUT2D eigenvalue weighted by molar-refractivity contribution is 7.22. The fourth-order valence-corrected chi connectivity index (χ4v) is 3.82. The largest absolute Gasteiger partial charge is 0.375 e. The average molecular weight is 354 g/mol.